The van der Waals surface area contributed by atoms with Gasteiger partial charge in [-0.25, -0.2) is 14.6 Å². The molecule has 1 heterocycles. The maximum Gasteiger partial charge on any atom is 0.335 e. The lowest BCUT2D eigenvalue weighted by molar-refractivity contribution is 0.0696. The van der Waals surface area contributed by atoms with Crippen LogP contribution in [-0.2, 0) is 0 Å². The number of rotatable bonds is 4. The largest absolute Gasteiger partial charge is 0.478 e. The molecule has 0 spiro atoms. The number of nitrogens with two attached hydrogens (primary N) is 1. The van der Waals surface area contributed by atoms with Crippen molar-refractivity contribution in [2.75, 3.05) is 11.1 Å². The van der Waals surface area contributed by atoms with Crippen molar-refractivity contribution in [3.8, 4) is 0 Å². The molecule has 2 rings (SSSR count). The van der Waals surface area contributed by atoms with Gasteiger partial charge in [-0.15, -0.1) is 0 Å². The number of pyridine rings is 1. The van der Waals surface area contributed by atoms with E-state index in [0.29, 0.717) is 0 Å². The quantitative estimate of drug-likeness (QED) is 0.666. The molecule has 1 aromatic carbocycles. The average molecular weight is 301 g/mol. The number of hydrogen-bond acceptors (Lipinski definition) is 5. The highest BCUT2D eigenvalue weighted by Crippen LogP contribution is 2.17. The van der Waals surface area contributed by atoms with Crippen molar-refractivity contribution in [2.24, 2.45) is 0 Å². The summed E-state index contributed by atoms with van der Waals surface area (Å²) in [6.45, 7) is 0. The summed E-state index contributed by atoms with van der Waals surface area (Å²) in [5, 5.41) is 20.4. The summed E-state index contributed by atoms with van der Waals surface area (Å²) in [7, 11) is 0. The second-order valence-corrected chi connectivity index (χ2v) is 4.30. The summed E-state index contributed by atoms with van der Waals surface area (Å²) in [5.74, 6) is -3.23. The van der Waals surface area contributed by atoms with Gasteiger partial charge in [-0.3, -0.25) is 4.79 Å². The van der Waals surface area contributed by atoms with Crippen LogP contribution in [0.15, 0.2) is 36.5 Å². The summed E-state index contributed by atoms with van der Waals surface area (Å²) < 4.78 is 0. The Hall–Kier alpha value is -3.42. The molecule has 8 nitrogen and oxygen atoms in total. The molecule has 0 saturated heterocycles. The number of nitrogens with zero attached hydrogens (tertiary/aromatic N) is 1. The zero-order valence-corrected chi connectivity index (χ0v) is 11.1. The second-order valence-electron chi connectivity index (χ2n) is 4.30. The maximum atomic E-state index is 12.1. The van der Waals surface area contributed by atoms with Crippen LogP contribution >= 0.6 is 0 Å². The van der Waals surface area contributed by atoms with E-state index in [4.69, 9.17) is 15.9 Å². The Morgan fingerprint density at radius 1 is 1.05 bits per heavy atom. The van der Waals surface area contributed by atoms with Crippen LogP contribution in [0.1, 0.15) is 31.1 Å². The Balaban J connectivity index is 2.37. The van der Waals surface area contributed by atoms with E-state index in [9.17, 15) is 14.4 Å². The minimum Gasteiger partial charge on any atom is -0.478 e. The third kappa shape index (κ3) is 3.18. The molecule has 112 valence electrons. The number of aromatic carboxylic acids is 2. The topological polar surface area (TPSA) is 143 Å². The zero-order chi connectivity index (χ0) is 16.3. The number of carbonyl (C=O) groups is 3. The summed E-state index contributed by atoms with van der Waals surface area (Å²) in [6.07, 6.45) is 1.42. The van der Waals surface area contributed by atoms with E-state index < -0.39 is 17.8 Å². The van der Waals surface area contributed by atoms with Gasteiger partial charge in [0.1, 0.15) is 5.82 Å². The molecule has 0 aliphatic heterocycles. The van der Waals surface area contributed by atoms with Gasteiger partial charge in [0.25, 0.3) is 5.91 Å². The van der Waals surface area contributed by atoms with Crippen molar-refractivity contribution in [3.05, 3.63) is 53.2 Å². The van der Waals surface area contributed by atoms with Crippen LogP contribution in [-0.4, -0.2) is 33.0 Å². The molecule has 0 unspecified atom stereocenters. The molecule has 0 aliphatic rings. The van der Waals surface area contributed by atoms with Crippen molar-refractivity contribution in [1.29, 1.82) is 0 Å². The van der Waals surface area contributed by atoms with Crippen LogP contribution in [0.5, 0.6) is 0 Å². The van der Waals surface area contributed by atoms with Crippen LogP contribution in [0.3, 0.4) is 0 Å². The maximum absolute atomic E-state index is 12.1. The summed E-state index contributed by atoms with van der Waals surface area (Å²) in [4.78, 5) is 37.8. The molecule has 1 amide bonds. The average Bonchev–Trinajstić information content (AvgIpc) is 2.47. The number of carboxylic acid groups (broad SMARTS) is 2. The zero-order valence-electron chi connectivity index (χ0n) is 11.1. The molecule has 0 fully saturated rings. The first-order valence-electron chi connectivity index (χ1n) is 6.02. The summed E-state index contributed by atoms with van der Waals surface area (Å²) in [5.41, 5.74) is 5.19. The molecule has 0 saturated carbocycles. The molecule has 2 aromatic rings. The van der Waals surface area contributed by atoms with Crippen LogP contribution in [0, 0.1) is 0 Å². The normalized spacial score (nSPS) is 10.0. The van der Waals surface area contributed by atoms with E-state index in [-0.39, 0.29) is 28.2 Å². The highest BCUT2D eigenvalue weighted by atomic mass is 16.4. The molecule has 0 bridgehead atoms. The van der Waals surface area contributed by atoms with Gasteiger partial charge < -0.3 is 21.3 Å². The third-order valence-electron chi connectivity index (χ3n) is 2.77. The van der Waals surface area contributed by atoms with Crippen molar-refractivity contribution in [1.82, 2.24) is 4.98 Å². The molecule has 0 atom stereocenters. The van der Waals surface area contributed by atoms with E-state index >= 15 is 0 Å². The van der Waals surface area contributed by atoms with Gasteiger partial charge in [-0.05, 0) is 30.3 Å². The Bertz CT molecular complexity index is 741. The van der Waals surface area contributed by atoms with Crippen LogP contribution in [0.4, 0.5) is 11.5 Å². The lowest BCUT2D eigenvalue weighted by atomic mass is 10.1. The smallest absolute Gasteiger partial charge is 0.335 e. The van der Waals surface area contributed by atoms with Gasteiger partial charge in [-0.1, -0.05) is 0 Å². The summed E-state index contributed by atoms with van der Waals surface area (Å²) in [6, 6.07) is 6.26. The number of anilines is 2. The van der Waals surface area contributed by atoms with Crippen molar-refractivity contribution in [3.63, 3.8) is 0 Å². The number of hydrogen-bond donors (Lipinski definition) is 4. The number of benzene rings is 1. The first kappa shape index (κ1) is 15.0. The van der Waals surface area contributed by atoms with E-state index in [0.717, 1.165) is 18.2 Å². The van der Waals surface area contributed by atoms with Crippen LogP contribution in [0.2, 0.25) is 0 Å². The highest BCUT2D eigenvalue weighted by Gasteiger charge is 2.15. The number of aromatic nitrogens is 1. The first-order valence-corrected chi connectivity index (χ1v) is 6.02. The predicted molar refractivity (Wildman–Crippen MR) is 77.0 cm³/mol. The molecule has 0 aliphatic carbocycles. The minimum atomic E-state index is -1.31. The second kappa shape index (κ2) is 5.92. The SMILES string of the molecule is Nc1ncccc1C(=O)Nc1cc(C(=O)O)cc(C(=O)O)c1. The predicted octanol–water partition coefficient (Wildman–Crippen LogP) is 1.31. The van der Waals surface area contributed by atoms with Crippen molar-refractivity contribution >= 4 is 29.4 Å². The van der Waals surface area contributed by atoms with Gasteiger partial charge in [-0.2, -0.15) is 0 Å². The Labute approximate surface area is 124 Å². The molecular formula is C14H11N3O5. The van der Waals surface area contributed by atoms with Crippen LogP contribution in [0.25, 0.3) is 0 Å². The number of nitrogens with one attached hydrogen (secondary N) is 1. The third-order valence-corrected chi connectivity index (χ3v) is 2.77. The minimum absolute atomic E-state index is 0.00727. The van der Waals surface area contributed by atoms with E-state index in [2.05, 4.69) is 10.3 Å². The van der Waals surface area contributed by atoms with Crippen LogP contribution < -0.4 is 11.1 Å². The van der Waals surface area contributed by atoms with Gasteiger partial charge >= 0.3 is 11.9 Å². The Morgan fingerprint density at radius 3 is 2.14 bits per heavy atom. The standard InChI is InChI=1S/C14H11N3O5/c15-11-10(2-1-3-16-11)12(18)17-9-5-7(13(19)20)4-8(6-9)14(21)22/h1-6H,(H2,15,16)(H,17,18)(H,19,20)(H,21,22). The fourth-order valence-electron chi connectivity index (χ4n) is 1.75. The highest BCUT2D eigenvalue weighted by molar-refractivity contribution is 6.08. The molecule has 22 heavy (non-hydrogen) atoms. The fourth-order valence-corrected chi connectivity index (χ4v) is 1.75. The lowest BCUT2D eigenvalue weighted by Gasteiger charge is -2.08. The molecule has 8 heteroatoms. The fraction of sp³-hybridized carbons (Fsp3) is 0. The van der Waals surface area contributed by atoms with E-state index in [1.807, 2.05) is 0 Å². The number of amides is 1. The number of carboxylic acids is 2. The monoisotopic (exact) mass is 301 g/mol. The number of carbonyl (C=O) groups excluding carboxylic acids is 1. The Morgan fingerprint density at radius 2 is 1.64 bits per heavy atom. The van der Waals surface area contributed by atoms with Gasteiger partial charge in [0.05, 0.1) is 16.7 Å². The van der Waals surface area contributed by atoms with Gasteiger partial charge in [0.15, 0.2) is 0 Å². The molecule has 0 radical (unpaired) electrons. The van der Waals surface area contributed by atoms with Gasteiger partial charge in [0, 0.05) is 11.9 Å². The summed E-state index contributed by atoms with van der Waals surface area (Å²) >= 11 is 0. The lowest BCUT2D eigenvalue weighted by Crippen LogP contribution is -2.15. The molecule has 1 aromatic heterocycles. The Kier molecular flexibility index (Phi) is 4.03. The number of nitrogen functional groups attached to an aromatic ring is 1. The first-order chi connectivity index (χ1) is 10.4. The van der Waals surface area contributed by atoms with E-state index in [1.54, 1.807) is 0 Å². The molecular weight excluding hydrogens is 290 g/mol. The van der Waals surface area contributed by atoms with Gasteiger partial charge in [0.2, 0.25) is 0 Å². The van der Waals surface area contributed by atoms with Crippen molar-refractivity contribution < 1.29 is 24.6 Å². The molecule has 5 N–H and O–H groups in total. The van der Waals surface area contributed by atoms with Crippen molar-refractivity contribution in [2.45, 2.75) is 0 Å². The van der Waals surface area contributed by atoms with E-state index in [1.165, 1.54) is 18.3 Å².